The molecule has 29 heavy (non-hydrogen) atoms. The third kappa shape index (κ3) is 2.76. The monoisotopic (exact) mass is 396 g/mol. The Kier molecular flexibility index (Phi) is 4.66. The fourth-order valence-electron chi connectivity index (χ4n) is 7.00. The Morgan fingerprint density at radius 2 is 1.90 bits per heavy atom. The van der Waals surface area contributed by atoms with Crippen molar-refractivity contribution in [1.29, 1.82) is 0 Å². The van der Waals surface area contributed by atoms with Gasteiger partial charge in [0.25, 0.3) is 0 Å². The highest BCUT2D eigenvalue weighted by molar-refractivity contribution is 5.71. The van der Waals surface area contributed by atoms with E-state index in [1.165, 1.54) is 33.4 Å². The molecule has 5 rings (SSSR count). The zero-order valence-corrected chi connectivity index (χ0v) is 18.2. The van der Waals surface area contributed by atoms with Crippen LogP contribution in [-0.4, -0.2) is 26.0 Å². The van der Waals surface area contributed by atoms with Crippen LogP contribution < -0.4 is 4.74 Å². The third-order valence-corrected chi connectivity index (χ3v) is 8.55. The number of fused-ring (bicyclic) bond motifs is 7. The first-order chi connectivity index (χ1) is 14.0. The van der Waals surface area contributed by atoms with E-state index >= 15 is 4.39 Å². The lowest BCUT2D eigenvalue weighted by Gasteiger charge is -2.48. The predicted molar refractivity (Wildman–Crippen MR) is 115 cm³/mol. The molecule has 156 valence electrons. The molecule has 0 saturated heterocycles. The van der Waals surface area contributed by atoms with Gasteiger partial charge in [0.2, 0.25) is 0 Å². The van der Waals surface area contributed by atoms with Crippen molar-refractivity contribution in [1.82, 2.24) is 0 Å². The van der Waals surface area contributed by atoms with Crippen LogP contribution in [0, 0.1) is 11.8 Å². The second-order valence-electron chi connectivity index (χ2n) is 9.65. The van der Waals surface area contributed by atoms with Crippen molar-refractivity contribution >= 4 is 6.08 Å². The van der Waals surface area contributed by atoms with E-state index < -0.39 is 5.67 Å². The van der Waals surface area contributed by atoms with Crippen molar-refractivity contribution in [3.63, 3.8) is 0 Å². The van der Waals surface area contributed by atoms with Gasteiger partial charge in [0.05, 0.1) is 13.2 Å². The Hall–Kier alpha value is -1.61. The minimum atomic E-state index is -1.12. The zero-order valence-electron chi connectivity index (χ0n) is 18.2. The fraction of sp³-hybridized carbons (Fsp3) is 0.615. The van der Waals surface area contributed by atoms with Crippen LogP contribution in [0.4, 0.5) is 4.39 Å². The van der Waals surface area contributed by atoms with Crippen LogP contribution in [0.1, 0.15) is 74.1 Å². The number of alkyl halides is 1. The Bertz CT molecular complexity index is 898. The molecule has 5 unspecified atom stereocenters. The molecule has 1 aromatic rings. The largest absolute Gasteiger partial charge is 0.496 e. The molecule has 0 bridgehead atoms. The first kappa shape index (κ1) is 19.4. The topological polar surface area (TPSA) is 18.5 Å². The number of allylic oxidation sites excluding steroid dienone is 3. The van der Waals surface area contributed by atoms with E-state index in [0.717, 1.165) is 44.3 Å². The van der Waals surface area contributed by atoms with E-state index in [0.29, 0.717) is 18.3 Å². The van der Waals surface area contributed by atoms with Gasteiger partial charge in [-0.05, 0) is 111 Å². The third-order valence-electron chi connectivity index (χ3n) is 8.55. The number of ether oxygens (including phenoxy) is 2. The standard InChI is InChI=1S/C26H33FO2/c1-15-5-7-19-21(13-16(15)2)23(28-3)14-17-6-8-18-20(25(17)19)11-12-26(27)22(18)9-10-24(26)29-4/h5,13-14,18,20,22,24H,6-12H2,1-4H3. The van der Waals surface area contributed by atoms with E-state index in [9.17, 15) is 0 Å². The van der Waals surface area contributed by atoms with Crippen molar-refractivity contribution < 1.29 is 13.9 Å². The summed E-state index contributed by atoms with van der Waals surface area (Å²) in [5, 5.41) is 0. The van der Waals surface area contributed by atoms with Crippen molar-refractivity contribution in [3.8, 4) is 5.75 Å². The summed E-state index contributed by atoms with van der Waals surface area (Å²) in [6.07, 6.45) is 11.0. The molecule has 0 radical (unpaired) electrons. The molecule has 3 heteroatoms. The Morgan fingerprint density at radius 3 is 2.66 bits per heavy atom. The number of halogens is 1. The maximum atomic E-state index is 16.0. The van der Waals surface area contributed by atoms with Crippen molar-refractivity contribution in [2.75, 3.05) is 14.2 Å². The van der Waals surface area contributed by atoms with Crippen LogP contribution >= 0.6 is 0 Å². The van der Waals surface area contributed by atoms with Gasteiger partial charge in [0.1, 0.15) is 11.4 Å². The normalized spacial score (nSPS) is 35.5. The second-order valence-corrected chi connectivity index (χ2v) is 9.65. The highest BCUT2D eigenvalue weighted by atomic mass is 19.1. The van der Waals surface area contributed by atoms with Crippen LogP contribution in [-0.2, 0) is 17.6 Å². The quantitative estimate of drug-likeness (QED) is 0.595. The van der Waals surface area contributed by atoms with Gasteiger partial charge in [-0.15, -0.1) is 0 Å². The number of hydrogen-bond acceptors (Lipinski definition) is 2. The van der Waals surface area contributed by atoms with E-state index in [-0.39, 0.29) is 12.0 Å². The Balaban J connectivity index is 1.62. The molecule has 0 spiro atoms. The first-order valence-electron chi connectivity index (χ1n) is 11.3. The molecular formula is C26H33FO2. The molecular weight excluding hydrogens is 363 g/mol. The lowest BCUT2D eigenvalue weighted by atomic mass is 9.58. The SMILES string of the molecule is COc1cc2c(c3c1C=C(C)C(C)=CC3)C1CCC3(F)C(OC)CCC3C1CC2. The summed E-state index contributed by atoms with van der Waals surface area (Å²) in [5.41, 5.74) is 7.16. The van der Waals surface area contributed by atoms with Gasteiger partial charge < -0.3 is 9.47 Å². The first-order valence-corrected chi connectivity index (χ1v) is 11.3. The van der Waals surface area contributed by atoms with Gasteiger partial charge in [0.15, 0.2) is 0 Å². The number of aryl methyl sites for hydroxylation is 1. The average Bonchev–Trinajstić information content (AvgIpc) is 2.99. The lowest BCUT2D eigenvalue weighted by Crippen LogP contribution is -2.48. The Labute approximate surface area is 174 Å². The van der Waals surface area contributed by atoms with E-state index in [2.05, 4.69) is 32.1 Å². The van der Waals surface area contributed by atoms with Crippen molar-refractivity contribution in [3.05, 3.63) is 45.5 Å². The molecule has 2 saturated carbocycles. The highest BCUT2D eigenvalue weighted by Gasteiger charge is 2.58. The van der Waals surface area contributed by atoms with Gasteiger partial charge >= 0.3 is 0 Å². The molecule has 2 nitrogen and oxygen atoms in total. The summed E-state index contributed by atoms with van der Waals surface area (Å²) in [6.45, 7) is 4.38. The van der Waals surface area contributed by atoms with Crippen molar-refractivity contribution in [2.24, 2.45) is 11.8 Å². The zero-order chi connectivity index (χ0) is 20.3. The number of rotatable bonds is 2. The molecule has 2 fully saturated rings. The lowest BCUT2D eigenvalue weighted by molar-refractivity contribution is -0.0791. The molecule has 0 aliphatic heterocycles. The van der Waals surface area contributed by atoms with Crippen LogP contribution in [0.25, 0.3) is 6.08 Å². The summed E-state index contributed by atoms with van der Waals surface area (Å²) in [4.78, 5) is 0. The van der Waals surface area contributed by atoms with Gasteiger partial charge in [0, 0.05) is 12.7 Å². The molecule has 0 aromatic heterocycles. The van der Waals surface area contributed by atoms with Gasteiger partial charge in [-0.2, -0.15) is 0 Å². The minimum absolute atomic E-state index is 0.150. The second kappa shape index (κ2) is 6.97. The van der Waals surface area contributed by atoms with Gasteiger partial charge in [-0.25, -0.2) is 4.39 Å². The minimum Gasteiger partial charge on any atom is -0.496 e. The van der Waals surface area contributed by atoms with Crippen molar-refractivity contribution in [2.45, 2.75) is 76.5 Å². The number of benzene rings is 1. The van der Waals surface area contributed by atoms with Crippen LogP contribution in [0.2, 0.25) is 0 Å². The smallest absolute Gasteiger partial charge is 0.140 e. The predicted octanol–water partition coefficient (Wildman–Crippen LogP) is 6.17. The molecule has 5 atom stereocenters. The van der Waals surface area contributed by atoms with E-state index in [1.54, 1.807) is 14.2 Å². The molecule has 0 heterocycles. The number of methoxy groups -OCH3 is 2. The summed E-state index contributed by atoms with van der Waals surface area (Å²) in [6, 6.07) is 2.28. The summed E-state index contributed by atoms with van der Waals surface area (Å²) in [7, 11) is 3.47. The molecule has 0 amide bonds. The maximum Gasteiger partial charge on any atom is 0.140 e. The summed E-state index contributed by atoms with van der Waals surface area (Å²) >= 11 is 0. The molecule has 0 N–H and O–H groups in total. The van der Waals surface area contributed by atoms with Crippen LogP contribution in [0.3, 0.4) is 0 Å². The Morgan fingerprint density at radius 1 is 1.07 bits per heavy atom. The molecule has 4 aliphatic rings. The summed E-state index contributed by atoms with van der Waals surface area (Å²) in [5.74, 6) is 2.06. The van der Waals surface area contributed by atoms with E-state index in [1.807, 2.05) is 0 Å². The van der Waals surface area contributed by atoms with Crippen LogP contribution in [0.5, 0.6) is 5.75 Å². The van der Waals surface area contributed by atoms with E-state index in [4.69, 9.17) is 9.47 Å². The average molecular weight is 397 g/mol. The molecule has 1 aromatic carbocycles. The number of hydrogen-bond donors (Lipinski definition) is 0. The van der Waals surface area contributed by atoms with Crippen LogP contribution in [0.15, 0.2) is 23.3 Å². The van der Waals surface area contributed by atoms with Gasteiger partial charge in [-0.3, -0.25) is 0 Å². The van der Waals surface area contributed by atoms with Gasteiger partial charge in [-0.1, -0.05) is 11.6 Å². The summed E-state index contributed by atoms with van der Waals surface area (Å²) < 4.78 is 27.4. The fourth-order valence-corrected chi connectivity index (χ4v) is 7.00. The maximum absolute atomic E-state index is 16.0. The molecule has 4 aliphatic carbocycles. The highest BCUT2D eigenvalue weighted by Crippen LogP contribution is 2.60.